The van der Waals surface area contributed by atoms with Crippen molar-refractivity contribution in [2.75, 3.05) is 5.32 Å². The lowest BCUT2D eigenvalue weighted by molar-refractivity contribution is 0.475. The molecule has 0 spiro atoms. The van der Waals surface area contributed by atoms with Crippen LogP contribution in [0.3, 0.4) is 0 Å². The van der Waals surface area contributed by atoms with Gasteiger partial charge < -0.3 is 16.2 Å². The first kappa shape index (κ1) is 12.1. The molecule has 96 valence electrons. The van der Waals surface area contributed by atoms with E-state index in [0.717, 1.165) is 11.1 Å². The minimum Gasteiger partial charge on any atom is -0.508 e. The average Bonchev–Trinajstić information content (AvgIpc) is 2.45. The highest BCUT2D eigenvalue weighted by Gasteiger charge is 2.18. The molecule has 3 rings (SSSR count). The Kier molecular flexibility index (Phi) is 2.77. The molecule has 0 saturated carbocycles. The van der Waals surface area contributed by atoms with Crippen LogP contribution in [-0.4, -0.2) is 11.1 Å². The number of nitrogens with zero attached hydrogens (tertiary/aromatic N) is 1. The minimum absolute atomic E-state index is 0.135. The Balaban J connectivity index is 2.38. The molecule has 0 bridgehead atoms. The Bertz CT molecular complexity index is 713. The smallest absolute Gasteiger partial charge is 0.198 e. The van der Waals surface area contributed by atoms with E-state index in [-0.39, 0.29) is 11.7 Å². The summed E-state index contributed by atoms with van der Waals surface area (Å²) in [5.41, 5.74) is 8.58. The maximum Gasteiger partial charge on any atom is 0.198 e. The Morgan fingerprint density at radius 2 is 1.89 bits per heavy atom. The molecular formula is C13H9Cl2N3O. The number of rotatable bonds is 0. The van der Waals surface area contributed by atoms with Crippen LogP contribution in [0.15, 0.2) is 35.3 Å². The highest BCUT2D eigenvalue weighted by molar-refractivity contribution is 6.37. The van der Waals surface area contributed by atoms with Gasteiger partial charge in [-0.25, -0.2) is 4.99 Å². The molecule has 0 fully saturated rings. The Labute approximate surface area is 119 Å². The summed E-state index contributed by atoms with van der Waals surface area (Å²) in [6.45, 7) is 0. The summed E-state index contributed by atoms with van der Waals surface area (Å²) in [4.78, 5) is 4.24. The van der Waals surface area contributed by atoms with Crippen molar-refractivity contribution in [2.45, 2.75) is 0 Å². The first-order chi connectivity index (χ1) is 9.04. The number of halogens is 2. The molecule has 19 heavy (non-hydrogen) atoms. The minimum atomic E-state index is 0.135. The van der Waals surface area contributed by atoms with Gasteiger partial charge in [0.25, 0.3) is 0 Å². The third kappa shape index (κ3) is 2.09. The summed E-state index contributed by atoms with van der Waals surface area (Å²) in [5.74, 6) is 0.338. The highest BCUT2D eigenvalue weighted by Crippen LogP contribution is 2.43. The molecule has 2 aromatic rings. The molecular weight excluding hydrogens is 285 g/mol. The van der Waals surface area contributed by atoms with Crippen molar-refractivity contribution in [1.29, 1.82) is 0 Å². The molecule has 0 aromatic heterocycles. The van der Waals surface area contributed by atoms with Gasteiger partial charge in [0.2, 0.25) is 0 Å². The molecule has 0 atom stereocenters. The van der Waals surface area contributed by atoms with Gasteiger partial charge in [0.05, 0.1) is 16.4 Å². The van der Waals surface area contributed by atoms with Crippen molar-refractivity contribution in [3.8, 4) is 16.9 Å². The normalized spacial score (nSPS) is 12.8. The summed E-state index contributed by atoms with van der Waals surface area (Å²) in [7, 11) is 0. The molecule has 1 aliphatic heterocycles. The van der Waals surface area contributed by atoms with E-state index in [1.165, 1.54) is 0 Å². The second kappa shape index (κ2) is 4.33. The van der Waals surface area contributed by atoms with Crippen LogP contribution in [0.5, 0.6) is 5.75 Å². The molecule has 1 aliphatic rings. The predicted octanol–water partition coefficient (Wildman–Crippen LogP) is 3.74. The number of phenolic OH excluding ortho intramolecular Hbond substituents is 1. The monoisotopic (exact) mass is 293 g/mol. The fourth-order valence-corrected chi connectivity index (χ4v) is 2.58. The van der Waals surface area contributed by atoms with E-state index in [0.29, 0.717) is 21.4 Å². The number of benzene rings is 2. The molecule has 4 nitrogen and oxygen atoms in total. The largest absolute Gasteiger partial charge is 0.508 e. The standard InChI is InChI=1S/C13H9Cl2N3O/c14-6-3-9-8-2-1-7(19)5-11(8)17-13(16)18-12(9)10(15)4-6/h1-5,19H,(H3,16,17,18). The maximum absolute atomic E-state index is 9.55. The number of phenols is 1. The highest BCUT2D eigenvalue weighted by atomic mass is 35.5. The van der Waals surface area contributed by atoms with Gasteiger partial charge in [-0.05, 0) is 24.3 Å². The molecule has 0 amide bonds. The quantitative estimate of drug-likeness (QED) is 0.693. The molecule has 4 N–H and O–H groups in total. The van der Waals surface area contributed by atoms with Crippen LogP contribution in [0.2, 0.25) is 10.0 Å². The third-order valence-corrected chi connectivity index (χ3v) is 3.32. The zero-order valence-electron chi connectivity index (χ0n) is 9.61. The number of hydrogen-bond acceptors (Lipinski definition) is 4. The number of guanidine groups is 1. The molecule has 0 saturated heterocycles. The van der Waals surface area contributed by atoms with E-state index in [9.17, 15) is 5.11 Å². The SMILES string of the molecule is NC1=Nc2c(Cl)cc(Cl)cc2-c2ccc(O)cc2N1. The lowest BCUT2D eigenvalue weighted by Crippen LogP contribution is -2.21. The predicted molar refractivity (Wildman–Crippen MR) is 78.5 cm³/mol. The van der Waals surface area contributed by atoms with Crippen LogP contribution in [-0.2, 0) is 0 Å². The average molecular weight is 294 g/mol. The zero-order valence-corrected chi connectivity index (χ0v) is 11.1. The maximum atomic E-state index is 9.55. The second-order valence-corrected chi connectivity index (χ2v) is 4.98. The van der Waals surface area contributed by atoms with E-state index in [1.807, 2.05) is 0 Å². The topological polar surface area (TPSA) is 70.6 Å². The van der Waals surface area contributed by atoms with Gasteiger partial charge in [-0.2, -0.15) is 0 Å². The number of aromatic hydroxyl groups is 1. The molecule has 6 heteroatoms. The van der Waals surface area contributed by atoms with Crippen molar-refractivity contribution < 1.29 is 5.11 Å². The molecule has 1 heterocycles. The van der Waals surface area contributed by atoms with Gasteiger partial charge in [0, 0.05) is 22.2 Å². The summed E-state index contributed by atoms with van der Waals surface area (Å²) in [6.07, 6.45) is 0. The van der Waals surface area contributed by atoms with Crippen LogP contribution in [0.25, 0.3) is 11.1 Å². The summed E-state index contributed by atoms with van der Waals surface area (Å²) in [5, 5.41) is 13.4. The lowest BCUT2D eigenvalue weighted by Gasteiger charge is -2.10. The van der Waals surface area contributed by atoms with E-state index in [1.54, 1.807) is 30.3 Å². The number of anilines is 1. The number of nitrogens with two attached hydrogens (primary N) is 1. The van der Waals surface area contributed by atoms with Gasteiger partial charge in [0.15, 0.2) is 5.96 Å². The first-order valence-corrected chi connectivity index (χ1v) is 6.24. The number of aliphatic imine (C=N–C) groups is 1. The van der Waals surface area contributed by atoms with Gasteiger partial charge in [-0.15, -0.1) is 0 Å². The fraction of sp³-hybridized carbons (Fsp3) is 0. The van der Waals surface area contributed by atoms with E-state index < -0.39 is 0 Å². The molecule has 0 unspecified atom stereocenters. The van der Waals surface area contributed by atoms with E-state index in [4.69, 9.17) is 28.9 Å². The van der Waals surface area contributed by atoms with Crippen LogP contribution in [0, 0.1) is 0 Å². The molecule has 2 aromatic carbocycles. The van der Waals surface area contributed by atoms with Gasteiger partial charge in [-0.1, -0.05) is 23.2 Å². The molecule has 0 radical (unpaired) electrons. The Hall–Kier alpha value is -1.91. The zero-order chi connectivity index (χ0) is 13.6. The van der Waals surface area contributed by atoms with Crippen molar-refractivity contribution >= 4 is 40.5 Å². The summed E-state index contributed by atoms with van der Waals surface area (Å²) >= 11 is 12.2. The van der Waals surface area contributed by atoms with Crippen LogP contribution >= 0.6 is 23.2 Å². The third-order valence-electron chi connectivity index (χ3n) is 2.82. The first-order valence-electron chi connectivity index (χ1n) is 5.48. The summed E-state index contributed by atoms with van der Waals surface area (Å²) < 4.78 is 0. The number of nitrogens with one attached hydrogen (secondary N) is 1. The Morgan fingerprint density at radius 1 is 1.11 bits per heavy atom. The summed E-state index contributed by atoms with van der Waals surface area (Å²) in [6, 6.07) is 8.30. The fourth-order valence-electron chi connectivity index (χ4n) is 2.04. The van der Waals surface area contributed by atoms with Crippen LogP contribution in [0.4, 0.5) is 11.4 Å². The number of fused-ring (bicyclic) bond motifs is 3. The van der Waals surface area contributed by atoms with Crippen molar-refractivity contribution in [3.63, 3.8) is 0 Å². The van der Waals surface area contributed by atoms with Gasteiger partial charge >= 0.3 is 0 Å². The van der Waals surface area contributed by atoms with Crippen LogP contribution in [0.1, 0.15) is 0 Å². The van der Waals surface area contributed by atoms with Gasteiger partial charge in [0.1, 0.15) is 5.75 Å². The van der Waals surface area contributed by atoms with E-state index >= 15 is 0 Å². The van der Waals surface area contributed by atoms with Crippen LogP contribution < -0.4 is 11.1 Å². The van der Waals surface area contributed by atoms with Crippen molar-refractivity contribution in [2.24, 2.45) is 10.7 Å². The number of hydrogen-bond donors (Lipinski definition) is 3. The Morgan fingerprint density at radius 3 is 2.68 bits per heavy atom. The molecule has 0 aliphatic carbocycles. The lowest BCUT2D eigenvalue weighted by atomic mass is 10.0. The second-order valence-electron chi connectivity index (χ2n) is 4.14. The van der Waals surface area contributed by atoms with Gasteiger partial charge in [-0.3, -0.25) is 0 Å². The van der Waals surface area contributed by atoms with E-state index in [2.05, 4.69) is 10.3 Å². The van der Waals surface area contributed by atoms with Crippen molar-refractivity contribution in [3.05, 3.63) is 40.4 Å². The van der Waals surface area contributed by atoms with Crippen molar-refractivity contribution in [1.82, 2.24) is 0 Å².